The summed E-state index contributed by atoms with van der Waals surface area (Å²) in [6.07, 6.45) is 1.38. The van der Waals surface area contributed by atoms with Gasteiger partial charge in [0.15, 0.2) is 0 Å². The normalized spacial score (nSPS) is 18.2. The number of fused-ring (bicyclic) bond motifs is 1. The number of nitrogens with one attached hydrogen (secondary N) is 1. The molecule has 1 aliphatic heterocycles. The molecule has 1 aliphatic rings. The molecule has 1 heterocycles. The fourth-order valence-electron chi connectivity index (χ4n) is 2.12. The summed E-state index contributed by atoms with van der Waals surface area (Å²) in [6.45, 7) is 5.16. The molecule has 94 valence electrons. The van der Waals surface area contributed by atoms with Gasteiger partial charge in [0, 0.05) is 26.1 Å². The SMILES string of the molecule is CC1Cc2cc(CNCCN(C)C)ccc2O1. The maximum atomic E-state index is 5.69. The minimum atomic E-state index is 0.335. The molecule has 0 radical (unpaired) electrons. The van der Waals surface area contributed by atoms with Gasteiger partial charge < -0.3 is 15.0 Å². The Kier molecular flexibility index (Phi) is 4.02. The van der Waals surface area contributed by atoms with Crippen LogP contribution in [0.5, 0.6) is 5.75 Å². The molecule has 1 N–H and O–H groups in total. The molecule has 0 aliphatic carbocycles. The molecule has 1 aromatic rings. The van der Waals surface area contributed by atoms with Gasteiger partial charge in [0.05, 0.1) is 0 Å². The third-order valence-corrected chi connectivity index (χ3v) is 3.03. The highest BCUT2D eigenvalue weighted by Crippen LogP contribution is 2.29. The first-order valence-electron chi connectivity index (χ1n) is 6.29. The van der Waals surface area contributed by atoms with Crippen LogP contribution in [0.1, 0.15) is 18.1 Å². The number of hydrogen-bond donors (Lipinski definition) is 1. The van der Waals surface area contributed by atoms with E-state index in [2.05, 4.69) is 49.4 Å². The van der Waals surface area contributed by atoms with Gasteiger partial charge in [-0.25, -0.2) is 0 Å². The Bertz CT molecular complexity index is 376. The number of hydrogen-bond acceptors (Lipinski definition) is 3. The summed E-state index contributed by atoms with van der Waals surface area (Å²) in [5.41, 5.74) is 2.70. The topological polar surface area (TPSA) is 24.5 Å². The second-order valence-electron chi connectivity index (χ2n) is 5.05. The van der Waals surface area contributed by atoms with Crippen LogP contribution >= 0.6 is 0 Å². The van der Waals surface area contributed by atoms with Gasteiger partial charge >= 0.3 is 0 Å². The van der Waals surface area contributed by atoms with E-state index >= 15 is 0 Å². The lowest BCUT2D eigenvalue weighted by Gasteiger charge is -2.10. The maximum Gasteiger partial charge on any atom is 0.123 e. The Morgan fingerprint density at radius 3 is 3.00 bits per heavy atom. The highest BCUT2D eigenvalue weighted by atomic mass is 16.5. The lowest BCUT2D eigenvalue weighted by molar-refractivity contribution is 0.254. The first kappa shape index (κ1) is 12.4. The van der Waals surface area contributed by atoms with Crippen molar-refractivity contribution in [3.63, 3.8) is 0 Å². The van der Waals surface area contributed by atoms with Crippen molar-refractivity contribution < 1.29 is 4.74 Å². The van der Waals surface area contributed by atoms with E-state index in [1.165, 1.54) is 11.1 Å². The molecular weight excluding hydrogens is 212 g/mol. The van der Waals surface area contributed by atoms with Crippen molar-refractivity contribution >= 4 is 0 Å². The van der Waals surface area contributed by atoms with Crippen LogP contribution in [0.25, 0.3) is 0 Å². The Morgan fingerprint density at radius 1 is 1.41 bits per heavy atom. The fourth-order valence-corrected chi connectivity index (χ4v) is 2.12. The van der Waals surface area contributed by atoms with Gasteiger partial charge in [-0.2, -0.15) is 0 Å². The van der Waals surface area contributed by atoms with Gasteiger partial charge in [-0.05, 0) is 38.2 Å². The molecular formula is C14H22N2O. The Balaban J connectivity index is 1.84. The summed E-state index contributed by atoms with van der Waals surface area (Å²) in [6, 6.07) is 6.52. The van der Waals surface area contributed by atoms with E-state index in [1.54, 1.807) is 0 Å². The van der Waals surface area contributed by atoms with Gasteiger partial charge in [-0.1, -0.05) is 12.1 Å². The number of rotatable bonds is 5. The molecule has 1 atom stereocenters. The minimum absolute atomic E-state index is 0.335. The number of nitrogens with zero attached hydrogens (tertiary/aromatic N) is 1. The van der Waals surface area contributed by atoms with Crippen LogP contribution in [-0.2, 0) is 13.0 Å². The molecule has 1 aromatic carbocycles. The molecule has 0 saturated carbocycles. The zero-order chi connectivity index (χ0) is 12.3. The van der Waals surface area contributed by atoms with E-state index in [0.717, 1.165) is 31.8 Å². The zero-order valence-electron chi connectivity index (χ0n) is 11.0. The maximum absolute atomic E-state index is 5.69. The van der Waals surface area contributed by atoms with Crippen molar-refractivity contribution in [2.45, 2.75) is 26.0 Å². The summed E-state index contributed by atoms with van der Waals surface area (Å²) in [5, 5.41) is 3.45. The predicted octanol–water partition coefficient (Wildman–Crippen LogP) is 1.66. The van der Waals surface area contributed by atoms with E-state index in [1.807, 2.05) is 0 Å². The van der Waals surface area contributed by atoms with Crippen LogP contribution < -0.4 is 10.1 Å². The smallest absolute Gasteiger partial charge is 0.123 e. The molecule has 2 rings (SSSR count). The zero-order valence-corrected chi connectivity index (χ0v) is 11.0. The Morgan fingerprint density at radius 2 is 2.24 bits per heavy atom. The summed E-state index contributed by atoms with van der Waals surface area (Å²) in [4.78, 5) is 2.19. The second kappa shape index (κ2) is 5.52. The molecule has 0 spiro atoms. The third-order valence-electron chi connectivity index (χ3n) is 3.03. The third kappa shape index (κ3) is 3.45. The lowest BCUT2D eigenvalue weighted by Crippen LogP contribution is -2.26. The Labute approximate surface area is 104 Å². The number of ether oxygens (including phenoxy) is 1. The van der Waals surface area contributed by atoms with Gasteiger partial charge in [-0.3, -0.25) is 0 Å². The first-order valence-corrected chi connectivity index (χ1v) is 6.29. The average molecular weight is 234 g/mol. The minimum Gasteiger partial charge on any atom is -0.490 e. The van der Waals surface area contributed by atoms with Crippen LogP contribution in [0.15, 0.2) is 18.2 Å². The van der Waals surface area contributed by atoms with Crippen LogP contribution in [0.4, 0.5) is 0 Å². The fraction of sp³-hybridized carbons (Fsp3) is 0.571. The monoisotopic (exact) mass is 234 g/mol. The summed E-state index contributed by atoms with van der Waals surface area (Å²) in [7, 11) is 4.19. The second-order valence-corrected chi connectivity index (χ2v) is 5.05. The molecule has 0 fully saturated rings. The molecule has 0 bridgehead atoms. The highest BCUT2D eigenvalue weighted by Gasteiger charge is 2.18. The van der Waals surface area contributed by atoms with Crippen molar-refractivity contribution in [1.29, 1.82) is 0 Å². The summed E-state index contributed by atoms with van der Waals surface area (Å²) < 4.78 is 5.69. The van der Waals surface area contributed by atoms with Crippen LogP contribution in [-0.4, -0.2) is 38.2 Å². The molecule has 0 saturated heterocycles. The molecule has 17 heavy (non-hydrogen) atoms. The highest BCUT2D eigenvalue weighted by molar-refractivity contribution is 5.40. The molecule has 1 unspecified atom stereocenters. The number of benzene rings is 1. The standard InChI is InChI=1S/C14H22N2O/c1-11-8-13-9-12(4-5-14(13)17-11)10-15-6-7-16(2)3/h4-5,9,11,15H,6-8,10H2,1-3H3. The quantitative estimate of drug-likeness (QED) is 0.784. The Hall–Kier alpha value is -1.06. The van der Waals surface area contributed by atoms with Crippen molar-refractivity contribution in [2.24, 2.45) is 0 Å². The predicted molar refractivity (Wildman–Crippen MR) is 70.5 cm³/mol. The van der Waals surface area contributed by atoms with E-state index in [-0.39, 0.29) is 0 Å². The van der Waals surface area contributed by atoms with E-state index in [0.29, 0.717) is 6.10 Å². The summed E-state index contributed by atoms with van der Waals surface area (Å²) >= 11 is 0. The van der Waals surface area contributed by atoms with Gasteiger partial charge in [0.2, 0.25) is 0 Å². The average Bonchev–Trinajstić information content (AvgIpc) is 2.63. The van der Waals surface area contributed by atoms with Crippen molar-refractivity contribution in [2.75, 3.05) is 27.2 Å². The van der Waals surface area contributed by atoms with Crippen molar-refractivity contribution in [3.05, 3.63) is 29.3 Å². The molecule has 3 nitrogen and oxygen atoms in total. The largest absolute Gasteiger partial charge is 0.490 e. The van der Waals surface area contributed by atoms with E-state index in [9.17, 15) is 0 Å². The van der Waals surface area contributed by atoms with Gasteiger partial charge in [0.1, 0.15) is 11.9 Å². The molecule has 3 heteroatoms. The molecule has 0 aromatic heterocycles. The first-order chi connectivity index (χ1) is 8.15. The van der Waals surface area contributed by atoms with Crippen LogP contribution in [0, 0.1) is 0 Å². The van der Waals surface area contributed by atoms with E-state index < -0.39 is 0 Å². The van der Waals surface area contributed by atoms with Gasteiger partial charge in [-0.15, -0.1) is 0 Å². The van der Waals surface area contributed by atoms with Crippen LogP contribution in [0.2, 0.25) is 0 Å². The van der Waals surface area contributed by atoms with E-state index in [4.69, 9.17) is 4.74 Å². The van der Waals surface area contributed by atoms with Gasteiger partial charge in [0.25, 0.3) is 0 Å². The van der Waals surface area contributed by atoms with Crippen molar-refractivity contribution in [1.82, 2.24) is 10.2 Å². The van der Waals surface area contributed by atoms with Crippen molar-refractivity contribution in [3.8, 4) is 5.75 Å². The lowest BCUT2D eigenvalue weighted by atomic mass is 10.1. The van der Waals surface area contributed by atoms with Crippen LogP contribution in [0.3, 0.4) is 0 Å². The summed E-state index contributed by atoms with van der Waals surface area (Å²) in [5.74, 6) is 1.06. The number of likely N-dealkylation sites (N-methyl/N-ethyl adjacent to an activating group) is 1. The molecule has 0 amide bonds.